The number of pyridine rings is 1. The molecule has 2 rings (SSSR count). The van der Waals surface area contributed by atoms with Crippen molar-refractivity contribution < 1.29 is 4.79 Å². The van der Waals surface area contributed by atoms with E-state index < -0.39 is 0 Å². The highest BCUT2D eigenvalue weighted by molar-refractivity contribution is 9.10. The molecule has 1 aromatic rings. The Morgan fingerprint density at radius 3 is 2.89 bits per heavy atom. The zero-order chi connectivity index (χ0) is 13.0. The van der Waals surface area contributed by atoms with Crippen LogP contribution in [0.3, 0.4) is 0 Å². The molecular formula is C13H18BrN3O. The number of hydrogen-bond acceptors (Lipinski definition) is 3. The first-order chi connectivity index (χ1) is 8.68. The lowest BCUT2D eigenvalue weighted by atomic mass is 10.3. The number of likely N-dealkylation sites (tertiary alicyclic amines) is 1. The molecule has 0 saturated carbocycles. The van der Waals surface area contributed by atoms with Crippen LogP contribution in [0.15, 0.2) is 22.8 Å². The van der Waals surface area contributed by atoms with E-state index in [0.717, 1.165) is 30.7 Å². The smallest absolute Gasteiger partial charge is 0.273 e. The largest absolute Gasteiger partial charge is 0.339 e. The van der Waals surface area contributed by atoms with Gasteiger partial charge in [-0.25, -0.2) is 4.98 Å². The second kappa shape index (κ2) is 6.29. The van der Waals surface area contributed by atoms with Crippen molar-refractivity contribution in [1.29, 1.82) is 0 Å². The normalized spacial score (nSPS) is 15.9. The minimum Gasteiger partial charge on any atom is -0.339 e. The first-order valence-corrected chi connectivity index (χ1v) is 7.06. The Morgan fingerprint density at radius 1 is 1.50 bits per heavy atom. The van der Waals surface area contributed by atoms with Gasteiger partial charge in [0.2, 0.25) is 0 Å². The highest BCUT2D eigenvalue weighted by Gasteiger charge is 2.17. The third-order valence-electron chi connectivity index (χ3n) is 3.26. The maximum atomic E-state index is 12.2. The van der Waals surface area contributed by atoms with Crippen LogP contribution < -0.4 is 0 Å². The van der Waals surface area contributed by atoms with E-state index in [-0.39, 0.29) is 5.91 Å². The summed E-state index contributed by atoms with van der Waals surface area (Å²) >= 11 is 3.36. The van der Waals surface area contributed by atoms with Gasteiger partial charge in [0, 0.05) is 30.8 Å². The zero-order valence-electron chi connectivity index (χ0n) is 10.6. The third-order valence-corrected chi connectivity index (χ3v) is 3.90. The van der Waals surface area contributed by atoms with Gasteiger partial charge in [0.15, 0.2) is 0 Å². The summed E-state index contributed by atoms with van der Waals surface area (Å²) in [7, 11) is 1.83. The van der Waals surface area contributed by atoms with Gasteiger partial charge in [-0.15, -0.1) is 0 Å². The lowest BCUT2D eigenvalue weighted by Gasteiger charge is -2.21. The van der Waals surface area contributed by atoms with Crippen LogP contribution in [-0.2, 0) is 0 Å². The Balaban J connectivity index is 1.90. The molecular weight excluding hydrogens is 294 g/mol. The molecule has 1 amide bonds. The number of rotatable bonds is 4. The van der Waals surface area contributed by atoms with Gasteiger partial charge >= 0.3 is 0 Å². The minimum atomic E-state index is -0.0262. The van der Waals surface area contributed by atoms with Crippen LogP contribution in [0.4, 0.5) is 0 Å². The van der Waals surface area contributed by atoms with Crippen LogP contribution in [-0.4, -0.2) is 53.9 Å². The van der Waals surface area contributed by atoms with E-state index in [1.807, 2.05) is 19.2 Å². The van der Waals surface area contributed by atoms with Gasteiger partial charge in [0.1, 0.15) is 5.69 Å². The molecule has 1 aromatic heterocycles. The predicted molar refractivity (Wildman–Crippen MR) is 74.6 cm³/mol. The molecule has 4 nitrogen and oxygen atoms in total. The minimum absolute atomic E-state index is 0.0262. The molecule has 0 aromatic carbocycles. The molecule has 0 atom stereocenters. The lowest BCUT2D eigenvalue weighted by Crippen LogP contribution is -2.35. The van der Waals surface area contributed by atoms with Crippen molar-refractivity contribution in [2.24, 2.45) is 0 Å². The van der Waals surface area contributed by atoms with Gasteiger partial charge in [-0.2, -0.15) is 0 Å². The number of hydrogen-bond donors (Lipinski definition) is 0. The number of nitrogens with zero attached hydrogens (tertiary/aromatic N) is 3. The summed E-state index contributed by atoms with van der Waals surface area (Å²) in [5.41, 5.74) is 0.487. The Morgan fingerprint density at radius 2 is 2.22 bits per heavy atom. The van der Waals surface area contributed by atoms with Gasteiger partial charge < -0.3 is 9.80 Å². The van der Waals surface area contributed by atoms with Crippen molar-refractivity contribution in [3.05, 3.63) is 28.5 Å². The summed E-state index contributed by atoms with van der Waals surface area (Å²) in [4.78, 5) is 20.5. The summed E-state index contributed by atoms with van der Waals surface area (Å²) in [5, 5.41) is 0. The number of carbonyl (C=O) groups is 1. The zero-order valence-corrected chi connectivity index (χ0v) is 12.2. The number of likely N-dealkylation sites (N-methyl/N-ethyl adjacent to an activating group) is 1. The molecule has 2 heterocycles. The first-order valence-electron chi connectivity index (χ1n) is 6.27. The van der Waals surface area contributed by atoms with Crippen LogP contribution in [0, 0.1) is 0 Å². The van der Waals surface area contributed by atoms with Crippen LogP contribution in [0.2, 0.25) is 0 Å². The van der Waals surface area contributed by atoms with Gasteiger partial charge in [0.05, 0.1) is 0 Å². The van der Waals surface area contributed by atoms with E-state index in [1.54, 1.807) is 11.1 Å². The number of carbonyl (C=O) groups excluding carboxylic acids is 1. The molecule has 0 spiro atoms. The van der Waals surface area contributed by atoms with E-state index in [0.29, 0.717) is 5.69 Å². The lowest BCUT2D eigenvalue weighted by molar-refractivity contribution is 0.0775. The van der Waals surface area contributed by atoms with E-state index in [2.05, 4.69) is 25.8 Å². The van der Waals surface area contributed by atoms with Crippen molar-refractivity contribution in [3.8, 4) is 0 Å². The molecule has 1 fully saturated rings. The maximum Gasteiger partial charge on any atom is 0.273 e. The molecule has 5 heteroatoms. The fraction of sp³-hybridized carbons (Fsp3) is 0.538. The van der Waals surface area contributed by atoms with Gasteiger partial charge in [-0.05, 0) is 54.0 Å². The second-order valence-electron chi connectivity index (χ2n) is 4.61. The van der Waals surface area contributed by atoms with E-state index in [4.69, 9.17) is 0 Å². The van der Waals surface area contributed by atoms with Crippen LogP contribution >= 0.6 is 15.9 Å². The summed E-state index contributed by atoms with van der Waals surface area (Å²) in [6.45, 7) is 4.03. The Bertz CT molecular complexity index is 418. The average Bonchev–Trinajstić information content (AvgIpc) is 2.89. The molecule has 98 valence electrons. The Hall–Kier alpha value is -0.940. The maximum absolute atomic E-state index is 12.2. The van der Waals surface area contributed by atoms with Crippen molar-refractivity contribution in [1.82, 2.24) is 14.8 Å². The SMILES string of the molecule is CN(CCN1CCCC1)C(=O)c1ncccc1Br. The van der Waals surface area contributed by atoms with Crippen LogP contribution in [0.25, 0.3) is 0 Å². The molecule has 18 heavy (non-hydrogen) atoms. The topological polar surface area (TPSA) is 36.4 Å². The third kappa shape index (κ3) is 3.29. The standard InChI is InChI=1S/C13H18BrN3O/c1-16(9-10-17-7-2-3-8-17)13(18)12-11(14)5-4-6-15-12/h4-6H,2-3,7-10H2,1H3. The molecule has 0 radical (unpaired) electrons. The van der Waals surface area contributed by atoms with Crippen molar-refractivity contribution in [3.63, 3.8) is 0 Å². The summed E-state index contributed by atoms with van der Waals surface area (Å²) < 4.78 is 0.753. The van der Waals surface area contributed by atoms with Crippen molar-refractivity contribution in [2.45, 2.75) is 12.8 Å². The average molecular weight is 312 g/mol. The molecule has 0 unspecified atom stereocenters. The van der Waals surface area contributed by atoms with E-state index >= 15 is 0 Å². The van der Waals surface area contributed by atoms with Gasteiger partial charge in [-0.3, -0.25) is 4.79 Å². The number of halogens is 1. The van der Waals surface area contributed by atoms with Crippen LogP contribution in [0.5, 0.6) is 0 Å². The molecule has 0 aliphatic carbocycles. The Labute approximate surface area is 116 Å². The fourth-order valence-corrected chi connectivity index (χ4v) is 2.55. The summed E-state index contributed by atoms with van der Waals surface area (Å²) in [5.74, 6) is -0.0262. The summed E-state index contributed by atoms with van der Waals surface area (Å²) in [6.07, 6.45) is 4.21. The quantitative estimate of drug-likeness (QED) is 0.853. The highest BCUT2D eigenvalue weighted by Crippen LogP contribution is 2.15. The second-order valence-corrected chi connectivity index (χ2v) is 5.46. The van der Waals surface area contributed by atoms with E-state index in [1.165, 1.54) is 12.8 Å². The number of amides is 1. The highest BCUT2D eigenvalue weighted by atomic mass is 79.9. The first kappa shape index (κ1) is 13.5. The van der Waals surface area contributed by atoms with Crippen molar-refractivity contribution in [2.75, 3.05) is 33.2 Å². The van der Waals surface area contributed by atoms with Gasteiger partial charge in [0.25, 0.3) is 5.91 Å². The van der Waals surface area contributed by atoms with E-state index in [9.17, 15) is 4.79 Å². The molecule has 1 aliphatic rings. The molecule has 0 N–H and O–H groups in total. The molecule has 0 bridgehead atoms. The number of aromatic nitrogens is 1. The van der Waals surface area contributed by atoms with Gasteiger partial charge in [-0.1, -0.05) is 0 Å². The van der Waals surface area contributed by atoms with Crippen molar-refractivity contribution >= 4 is 21.8 Å². The summed E-state index contributed by atoms with van der Waals surface area (Å²) in [6, 6.07) is 3.65. The molecule has 1 saturated heterocycles. The Kier molecular flexibility index (Phi) is 4.72. The predicted octanol–water partition coefficient (Wildman–Crippen LogP) is 2.01. The van der Waals surface area contributed by atoms with Crippen LogP contribution in [0.1, 0.15) is 23.3 Å². The monoisotopic (exact) mass is 311 g/mol. The molecule has 1 aliphatic heterocycles. The fourth-order valence-electron chi connectivity index (χ4n) is 2.12.